The van der Waals surface area contributed by atoms with Crippen molar-refractivity contribution in [2.45, 2.75) is 11.4 Å². The first-order chi connectivity index (χ1) is 14.4. The Morgan fingerprint density at radius 1 is 1.17 bits per heavy atom. The summed E-state index contributed by atoms with van der Waals surface area (Å²) in [4.78, 5) is 14.4. The molecule has 10 heteroatoms. The van der Waals surface area contributed by atoms with Crippen molar-refractivity contribution < 1.29 is 17.7 Å². The number of methoxy groups -OCH3 is 1. The molecule has 0 atom stereocenters. The predicted molar refractivity (Wildman–Crippen MR) is 115 cm³/mol. The molecule has 0 aliphatic carbocycles. The first kappa shape index (κ1) is 20.2. The number of hydrogen-bond donors (Lipinski definition) is 1. The molecule has 0 saturated carbocycles. The van der Waals surface area contributed by atoms with Crippen LogP contribution < -0.4 is 14.6 Å². The van der Waals surface area contributed by atoms with Crippen LogP contribution in [0.1, 0.15) is 5.56 Å². The molecule has 8 nitrogen and oxygen atoms in total. The number of fused-ring (bicyclic) bond motifs is 1. The van der Waals surface area contributed by atoms with E-state index in [0.29, 0.717) is 21.0 Å². The summed E-state index contributed by atoms with van der Waals surface area (Å²) in [5, 5.41) is 5.01. The molecule has 0 unspecified atom stereocenters. The van der Waals surface area contributed by atoms with Gasteiger partial charge in [-0.2, -0.15) is 0 Å². The number of benzene rings is 2. The summed E-state index contributed by atoms with van der Waals surface area (Å²) in [6.07, 6.45) is 2.79. The summed E-state index contributed by atoms with van der Waals surface area (Å²) in [5.74, 6) is 0.831. The molecule has 4 rings (SSSR count). The second-order valence-corrected chi connectivity index (χ2v) is 9.05. The van der Waals surface area contributed by atoms with E-state index in [1.165, 1.54) is 35.0 Å². The van der Waals surface area contributed by atoms with Crippen LogP contribution in [0.25, 0.3) is 10.8 Å². The van der Waals surface area contributed by atoms with E-state index in [1.807, 2.05) is 0 Å². The van der Waals surface area contributed by atoms with Gasteiger partial charge in [-0.15, -0.1) is 0 Å². The number of nitrogens with zero attached hydrogens (tertiary/aromatic N) is 2. The smallest absolute Gasteiger partial charge is 0.265 e. The first-order valence-electron chi connectivity index (χ1n) is 8.77. The van der Waals surface area contributed by atoms with Gasteiger partial charge in [-0.1, -0.05) is 23.4 Å². The first-order valence-corrected chi connectivity index (χ1v) is 11.0. The second-order valence-electron chi connectivity index (χ2n) is 6.40. The number of ether oxygens (including phenoxy) is 1. The molecule has 2 heterocycles. The van der Waals surface area contributed by atoms with Crippen LogP contribution in [0.4, 0.5) is 5.82 Å². The molecule has 2 aromatic heterocycles. The number of hydrogen-bond acceptors (Lipinski definition) is 6. The lowest BCUT2D eigenvalue weighted by Crippen LogP contribution is -2.30. The lowest BCUT2D eigenvalue weighted by Gasteiger charge is -2.22. The van der Waals surface area contributed by atoms with Gasteiger partial charge in [0, 0.05) is 23.0 Å². The highest BCUT2D eigenvalue weighted by molar-refractivity contribution is 9.10. The Balaban J connectivity index is 1.78. The molecule has 4 aromatic rings. The number of halogens is 1. The summed E-state index contributed by atoms with van der Waals surface area (Å²) in [7, 11) is -2.42. The third kappa shape index (κ3) is 3.71. The summed E-state index contributed by atoms with van der Waals surface area (Å²) in [5.41, 5.74) is 0.456. The maximum absolute atomic E-state index is 13.5. The molecule has 0 spiro atoms. The third-order valence-electron chi connectivity index (χ3n) is 4.57. The fraction of sp³-hybridized carbons (Fsp3) is 0.100. The molecule has 154 valence electrons. The van der Waals surface area contributed by atoms with Gasteiger partial charge in [-0.3, -0.25) is 4.79 Å². The molecule has 2 aromatic carbocycles. The van der Waals surface area contributed by atoms with Crippen LogP contribution in [-0.4, -0.2) is 25.7 Å². The molecule has 0 bridgehead atoms. The van der Waals surface area contributed by atoms with E-state index in [-0.39, 0.29) is 22.8 Å². The van der Waals surface area contributed by atoms with Crippen molar-refractivity contribution in [3.05, 3.63) is 81.4 Å². The molecule has 0 aliphatic rings. The molecule has 0 saturated heterocycles. The highest BCUT2D eigenvalue weighted by atomic mass is 79.9. The minimum Gasteiger partial charge on any atom is -0.497 e. The number of rotatable bonds is 6. The lowest BCUT2D eigenvalue weighted by molar-refractivity contribution is 0.414. The largest absolute Gasteiger partial charge is 0.497 e. The second kappa shape index (κ2) is 7.96. The third-order valence-corrected chi connectivity index (χ3v) is 7.10. The van der Waals surface area contributed by atoms with E-state index in [1.54, 1.807) is 37.4 Å². The fourth-order valence-electron chi connectivity index (χ4n) is 3.00. The molecular weight excluding hydrogens is 474 g/mol. The Morgan fingerprint density at radius 3 is 2.60 bits per heavy atom. The number of H-pyrrole nitrogens is 1. The van der Waals surface area contributed by atoms with Crippen molar-refractivity contribution in [2.24, 2.45) is 0 Å². The van der Waals surface area contributed by atoms with Gasteiger partial charge >= 0.3 is 0 Å². The predicted octanol–water partition coefficient (Wildman–Crippen LogP) is 3.68. The van der Waals surface area contributed by atoms with Gasteiger partial charge < -0.3 is 14.2 Å². The maximum Gasteiger partial charge on any atom is 0.265 e. The zero-order valence-electron chi connectivity index (χ0n) is 15.7. The molecule has 1 N–H and O–H groups in total. The number of aromatic amines is 1. The van der Waals surface area contributed by atoms with Crippen molar-refractivity contribution in [1.29, 1.82) is 0 Å². The van der Waals surface area contributed by atoms with Crippen LogP contribution in [-0.2, 0) is 16.6 Å². The highest BCUT2D eigenvalue weighted by Crippen LogP contribution is 2.28. The van der Waals surface area contributed by atoms with E-state index in [0.717, 1.165) is 5.56 Å². The number of aromatic nitrogens is 2. The summed E-state index contributed by atoms with van der Waals surface area (Å²) < 4.78 is 38.5. The van der Waals surface area contributed by atoms with Crippen LogP contribution in [0, 0.1) is 0 Å². The van der Waals surface area contributed by atoms with Gasteiger partial charge in [0.2, 0.25) is 0 Å². The lowest BCUT2D eigenvalue weighted by atomic mass is 10.2. The molecule has 0 fully saturated rings. The van der Waals surface area contributed by atoms with Crippen LogP contribution in [0.5, 0.6) is 5.75 Å². The molecule has 30 heavy (non-hydrogen) atoms. The SMILES string of the molecule is COc1ccc(CN(c2ccon2)S(=O)(=O)c2ccc3c(Br)c(=O)[nH]cc3c2)cc1. The molecule has 0 radical (unpaired) electrons. The van der Waals surface area contributed by atoms with E-state index < -0.39 is 10.0 Å². The van der Waals surface area contributed by atoms with Crippen LogP contribution >= 0.6 is 15.9 Å². The van der Waals surface area contributed by atoms with Crippen LogP contribution in [0.15, 0.2) is 79.7 Å². The van der Waals surface area contributed by atoms with Gasteiger partial charge in [-0.25, -0.2) is 12.7 Å². The zero-order valence-corrected chi connectivity index (χ0v) is 18.1. The van der Waals surface area contributed by atoms with E-state index in [4.69, 9.17) is 9.26 Å². The average Bonchev–Trinajstić information content (AvgIpc) is 3.29. The number of anilines is 1. The van der Waals surface area contributed by atoms with Crippen LogP contribution in [0.3, 0.4) is 0 Å². The van der Waals surface area contributed by atoms with E-state index in [9.17, 15) is 13.2 Å². The number of pyridine rings is 1. The molecule has 0 aliphatic heterocycles. The van der Waals surface area contributed by atoms with Crippen molar-refractivity contribution in [3.8, 4) is 5.75 Å². The van der Waals surface area contributed by atoms with Crippen molar-refractivity contribution in [3.63, 3.8) is 0 Å². The quantitative estimate of drug-likeness (QED) is 0.442. The van der Waals surface area contributed by atoms with E-state index in [2.05, 4.69) is 26.1 Å². The minimum atomic E-state index is -3.98. The Morgan fingerprint density at radius 2 is 1.93 bits per heavy atom. The fourth-order valence-corrected chi connectivity index (χ4v) is 4.90. The van der Waals surface area contributed by atoms with Crippen molar-refractivity contribution in [2.75, 3.05) is 11.4 Å². The summed E-state index contributed by atoms with van der Waals surface area (Å²) in [6, 6.07) is 13.1. The van der Waals surface area contributed by atoms with Gasteiger partial charge in [0.25, 0.3) is 15.6 Å². The topological polar surface area (TPSA) is 106 Å². The van der Waals surface area contributed by atoms with Crippen molar-refractivity contribution in [1.82, 2.24) is 10.1 Å². The number of nitrogens with one attached hydrogen (secondary N) is 1. The monoisotopic (exact) mass is 489 g/mol. The summed E-state index contributed by atoms with van der Waals surface area (Å²) >= 11 is 3.24. The van der Waals surface area contributed by atoms with Crippen LogP contribution in [0.2, 0.25) is 0 Å². The standard InChI is InChI=1S/C20H16BrN3O5S/c1-28-15-4-2-13(3-5-15)12-24(18-8-9-29-23-18)30(26,27)16-6-7-17-14(10-16)11-22-20(25)19(17)21/h2-11H,12H2,1H3,(H,22,25). The van der Waals surface area contributed by atoms with Gasteiger partial charge in [0.15, 0.2) is 5.82 Å². The Hall–Kier alpha value is -3.11. The Labute approximate surface area is 180 Å². The Kier molecular flexibility index (Phi) is 5.35. The normalized spacial score (nSPS) is 11.5. The number of sulfonamides is 1. The van der Waals surface area contributed by atoms with Gasteiger partial charge in [0.1, 0.15) is 12.0 Å². The van der Waals surface area contributed by atoms with Gasteiger partial charge in [0.05, 0.1) is 23.0 Å². The van der Waals surface area contributed by atoms with Crippen molar-refractivity contribution >= 4 is 42.5 Å². The molecular formula is C20H16BrN3O5S. The van der Waals surface area contributed by atoms with E-state index >= 15 is 0 Å². The average molecular weight is 490 g/mol. The zero-order chi connectivity index (χ0) is 21.3. The minimum absolute atomic E-state index is 0.0478. The van der Waals surface area contributed by atoms with Gasteiger partial charge in [-0.05, 0) is 45.8 Å². The molecule has 0 amide bonds. The summed E-state index contributed by atoms with van der Waals surface area (Å²) in [6.45, 7) is 0.0478. The highest BCUT2D eigenvalue weighted by Gasteiger charge is 2.27. The Bertz CT molecular complexity index is 1350. The maximum atomic E-state index is 13.5.